The predicted molar refractivity (Wildman–Crippen MR) is 73.3 cm³/mol. The average Bonchev–Trinajstić information content (AvgIpc) is 2.48. The van der Waals surface area contributed by atoms with Crippen LogP contribution in [0.25, 0.3) is 10.9 Å². The van der Waals surface area contributed by atoms with Crippen LogP contribution in [0, 0.1) is 18.3 Å². The van der Waals surface area contributed by atoms with Crippen LogP contribution in [0.2, 0.25) is 0 Å². The van der Waals surface area contributed by atoms with Crippen molar-refractivity contribution in [2.24, 2.45) is 0 Å². The number of benzene rings is 1. The molecule has 3 rings (SSSR count). The van der Waals surface area contributed by atoms with Crippen LogP contribution in [-0.4, -0.2) is 15.2 Å². The molecule has 5 nitrogen and oxygen atoms in total. The Bertz CT molecular complexity index is 823. The molecule has 0 aliphatic rings. The first-order valence-electron chi connectivity index (χ1n) is 6.04. The number of pyridine rings is 1. The minimum absolute atomic E-state index is 0.186. The lowest BCUT2D eigenvalue weighted by Gasteiger charge is -2.08. The largest absolute Gasteiger partial charge is 0.434 e. The van der Waals surface area contributed by atoms with E-state index < -0.39 is 0 Å². The third-order valence-electron chi connectivity index (χ3n) is 2.84. The summed E-state index contributed by atoms with van der Waals surface area (Å²) < 4.78 is 5.71. The molecular weight excluding hydrogens is 252 g/mol. The maximum absolute atomic E-state index is 9.04. The van der Waals surface area contributed by atoms with Crippen molar-refractivity contribution in [2.45, 2.75) is 6.92 Å². The zero-order chi connectivity index (χ0) is 13.9. The maximum Gasteiger partial charge on any atom is 0.257 e. The molecule has 0 N–H and O–H groups in total. The molecule has 0 unspecified atom stereocenters. The molecule has 0 aliphatic carbocycles. The summed E-state index contributed by atoms with van der Waals surface area (Å²) in [4.78, 5) is 4.47. The monoisotopic (exact) mass is 262 g/mol. The summed E-state index contributed by atoms with van der Waals surface area (Å²) in [6.07, 6.45) is 1.46. The second kappa shape index (κ2) is 4.94. The summed E-state index contributed by atoms with van der Waals surface area (Å²) in [7, 11) is 0. The van der Waals surface area contributed by atoms with Gasteiger partial charge in [0.2, 0.25) is 0 Å². The first-order chi connectivity index (χ1) is 9.78. The topological polar surface area (TPSA) is 71.7 Å². The van der Waals surface area contributed by atoms with Crippen molar-refractivity contribution >= 4 is 10.9 Å². The van der Waals surface area contributed by atoms with Crippen molar-refractivity contribution in [1.82, 2.24) is 15.2 Å². The Kier molecular flexibility index (Phi) is 2.98. The number of hydrogen-bond donors (Lipinski definition) is 0. The molecule has 0 aliphatic heterocycles. The highest BCUT2D eigenvalue weighted by Crippen LogP contribution is 2.28. The standard InChI is InChI=1S/C15H10N4O/c1-10-5-6-11-3-2-4-13(14(11)18-10)20-15-12(9-16)7-8-17-19-15/h2-8H,1H3. The second-order valence-corrected chi connectivity index (χ2v) is 4.24. The van der Waals surface area contributed by atoms with E-state index >= 15 is 0 Å². The van der Waals surface area contributed by atoms with Gasteiger partial charge in [-0.1, -0.05) is 18.2 Å². The smallest absolute Gasteiger partial charge is 0.257 e. The number of nitrogens with zero attached hydrogens (tertiary/aromatic N) is 4. The van der Waals surface area contributed by atoms with Gasteiger partial charge in [0.05, 0.1) is 6.20 Å². The molecule has 20 heavy (non-hydrogen) atoms. The second-order valence-electron chi connectivity index (χ2n) is 4.24. The van der Waals surface area contributed by atoms with E-state index in [1.165, 1.54) is 6.20 Å². The lowest BCUT2D eigenvalue weighted by atomic mass is 10.2. The van der Waals surface area contributed by atoms with Gasteiger partial charge in [0.25, 0.3) is 5.88 Å². The Labute approximate surface area is 115 Å². The number of para-hydroxylation sites is 1. The number of nitriles is 1. The quantitative estimate of drug-likeness (QED) is 0.709. The van der Waals surface area contributed by atoms with Crippen LogP contribution in [0.15, 0.2) is 42.6 Å². The number of hydrogen-bond acceptors (Lipinski definition) is 5. The van der Waals surface area contributed by atoms with Crippen molar-refractivity contribution in [1.29, 1.82) is 5.26 Å². The molecule has 1 aromatic carbocycles. The molecule has 0 spiro atoms. The normalized spacial score (nSPS) is 10.2. The van der Waals surface area contributed by atoms with E-state index in [2.05, 4.69) is 15.2 Å². The van der Waals surface area contributed by atoms with Gasteiger partial charge < -0.3 is 4.74 Å². The molecule has 0 fully saturated rings. The highest BCUT2D eigenvalue weighted by molar-refractivity contribution is 5.84. The van der Waals surface area contributed by atoms with Crippen LogP contribution < -0.4 is 4.74 Å². The summed E-state index contributed by atoms with van der Waals surface area (Å²) >= 11 is 0. The van der Waals surface area contributed by atoms with E-state index in [4.69, 9.17) is 10.00 Å². The number of aryl methyl sites for hydroxylation is 1. The zero-order valence-electron chi connectivity index (χ0n) is 10.7. The van der Waals surface area contributed by atoms with Gasteiger partial charge in [-0.15, -0.1) is 5.10 Å². The number of fused-ring (bicyclic) bond motifs is 1. The van der Waals surface area contributed by atoms with Gasteiger partial charge in [-0.25, -0.2) is 4.98 Å². The number of aromatic nitrogens is 3. The first kappa shape index (κ1) is 12.1. The summed E-state index contributed by atoms with van der Waals surface area (Å²) in [6, 6.07) is 13.1. The first-order valence-corrected chi connectivity index (χ1v) is 6.04. The Morgan fingerprint density at radius 1 is 1.15 bits per heavy atom. The highest BCUT2D eigenvalue weighted by Gasteiger charge is 2.10. The molecule has 3 aromatic rings. The Morgan fingerprint density at radius 3 is 2.90 bits per heavy atom. The molecule has 96 valence electrons. The van der Waals surface area contributed by atoms with Crippen LogP contribution in [0.4, 0.5) is 0 Å². The van der Waals surface area contributed by atoms with Gasteiger partial charge in [-0.2, -0.15) is 10.4 Å². The van der Waals surface area contributed by atoms with Gasteiger partial charge in [0.15, 0.2) is 5.75 Å². The third-order valence-corrected chi connectivity index (χ3v) is 2.84. The number of rotatable bonds is 2. The van der Waals surface area contributed by atoms with Crippen molar-refractivity contribution in [3.05, 3.63) is 53.9 Å². The van der Waals surface area contributed by atoms with E-state index in [1.54, 1.807) is 12.1 Å². The third kappa shape index (κ3) is 2.15. The Balaban J connectivity index is 2.11. The fourth-order valence-corrected chi connectivity index (χ4v) is 1.88. The molecule has 0 amide bonds. The fraction of sp³-hybridized carbons (Fsp3) is 0.0667. The van der Waals surface area contributed by atoms with Gasteiger partial charge >= 0.3 is 0 Å². The molecule has 2 aromatic heterocycles. The van der Waals surface area contributed by atoms with Crippen molar-refractivity contribution in [3.63, 3.8) is 0 Å². The molecule has 0 radical (unpaired) electrons. The van der Waals surface area contributed by atoms with E-state index in [9.17, 15) is 0 Å². The van der Waals surface area contributed by atoms with Crippen LogP contribution in [0.5, 0.6) is 11.6 Å². The predicted octanol–water partition coefficient (Wildman–Crippen LogP) is 3.00. The van der Waals surface area contributed by atoms with Crippen molar-refractivity contribution < 1.29 is 4.74 Å². The molecule has 0 saturated heterocycles. The average molecular weight is 262 g/mol. The summed E-state index contributed by atoms with van der Waals surface area (Å²) in [5.41, 5.74) is 1.97. The van der Waals surface area contributed by atoms with Gasteiger partial charge in [0, 0.05) is 11.1 Å². The minimum Gasteiger partial charge on any atom is -0.434 e. The Hall–Kier alpha value is -3.00. The molecule has 2 heterocycles. The molecule has 0 atom stereocenters. The number of ether oxygens (including phenoxy) is 1. The fourth-order valence-electron chi connectivity index (χ4n) is 1.88. The highest BCUT2D eigenvalue weighted by atomic mass is 16.5. The lowest BCUT2D eigenvalue weighted by molar-refractivity contribution is 0.457. The van der Waals surface area contributed by atoms with Gasteiger partial charge in [-0.3, -0.25) is 0 Å². The Morgan fingerprint density at radius 2 is 2.05 bits per heavy atom. The van der Waals surface area contributed by atoms with E-state index in [1.807, 2.05) is 37.3 Å². The van der Waals surface area contributed by atoms with E-state index in [0.29, 0.717) is 11.3 Å². The van der Waals surface area contributed by atoms with E-state index in [0.717, 1.165) is 16.6 Å². The summed E-state index contributed by atoms with van der Waals surface area (Å²) in [5, 5.41) is 17.6. The SMILES string of the molecule is Cc1ccc2cccc(Oc3nnccc3C#N)c2n1. The maximum atomic E-state index is 9.04. The molecule has 0 bridgehead atoms. The van der Waals surface area contributed by atoms with E-state index in [-0.39, 0.29) is 5.88 Å². The van der Waals surface area contributed by atoms with Crippen LogP contribution in [0.1, 0.15) is 11.3 Å². The summed E-state index contributed by atoms with van der Waals surface area (Å²) in [5.74, 6) is 0.744. The lowest BCUT2D eigenvalue weighted by Crippen LogP contribution is -1.95. The molecule has 5 heteroatoms. The molecule has 0 saturated carbocycles. The van der Waals surface area contributed by atoms with Crippen LogP contribution in [-0.2, 0) is 0 Å². The zero-order valence-corrected chi connectivity index (χ0v) is 10.7. The van der Waals surface area contributed by atoms with Crippen molar-refractivity contribution in [2.75, 3.05) is 0 Å². The van der Waals surface area contributed by atoms with Crippen LogP contribution >= 0.6 is 0 Å². The minimum atomic E-state index is 0.186. The van der Waals surface area contributed by atoms with Gasteiger partial charge in [-0.05, 0) is 25.1 Å². The van der Waals surface area contributed by atoms with Crippen molar-refractivity contribution in [3.8, 4) is 17.7 Å². The summed E-state index contributed by atoms with van der Waals surface area (Å²) in [6.45, 7) is 1.92. The van der Waals surface area contributed by atoms with Crippen LogP contribution in [0.3, 0.4) is 0 Å². The molecular formula is C15H10N4O. The van der Waals surface area contributed by atoms with Gasteiger partial charge in [0.1, 0.15) is 17.1 Å².